The van der Waals surface area contributed by atoms with Crippen LogP contribution in [0.5, 0.6) is 0 Å². The van der Waals surface area contributed by atoms with E-state index in [1.165, 1.54) is 13.8 Å². The molecule has 3 rings (SSSR count). The minimum absolute atomic E-state index is 0.0829. The number of carboxylic acids is 1. The molecule has 0 radical (unpaired) electrons. The van der Waals surface area contributed by atoms with E-state index < -0.39 is 11.6 Å². The molecular formula is C23H25ClN2O4. The van der Waals surface area contributed by atoms with E-state index in [0.29, 0.717) is 23.9 Å². The normalized spacial score (nSPS) is 11.6. The SMILES string of the molecule is COCc1cccc(-c2cc(COC(C)(C)C(=O)O)nn2Cc2ccccc2Cl)c1. The van der Waals surface area contributed by atoms with Crippen LogP contribution >= 0.6 is 11.6 Å². The third-order valence-corrected chi connectivity index (χ3v) is 5.11. The van der Waals surface area contributed by atoms with E-state index in [1.54, 1.807) is 7.11 Å². The maximum Gasteiger partial charge on any atom is 0.335 e. The molecule has 0 aliphatic rings. The van der Waals surface area contributed by atoms with Gasteiger partial charge in [0.2, 0.25) is 0 Å². The van der Waals surface area contributed by atoms with Gasteiger partial charge in [-0.25, -0.2) is 4.79 Å². The lowest BCUT2D eigenvalue weighted by Gasteiger charge is -2.19. The number of aromatic nitrogens is 2. The van der Waals surface area contributed by atoms with Crippen molar-refractivity contribution in [3.05, 3.63) is 76.4 Å². The molecule has 0 unspecified atom stereocenters. The highest BCUT2D eigenvalue weighted by Crippen LogP contribution is 2.26. The monoisotopic (exact) mass is 428 g/mol. The minimum Gasteiger partial charge on any atom is -0.479 e. The Kier molecular flexibility index (Phi) is 6.92. The molecule has 1 N–H and O–H groups in total. The van der Waals surface area contributed by atoms with Gasteiger partial charge in [-0.15, -0.1) is 0 Å². The van der Waals surface area contributed by atoms with Gasteiger partial charge in [0.25, 0.3) is 0 Å². The lowest BCUT2D eigenvalue weighted by molar-refractivity contribution is -0.162. The van der Waals surface area contributed by atoms with Crippen LogP contribution in [0.3, 0.4) is 0 Å². The molecule has 0 aliphatic heterocycles. The molecule has 0 amide bonds. The van der Waals surface area contributed by atoms with E-state index in [0.717, 1.165) is 22.4 Å². The van der Waals surface area contributed by atoms with Crippen LogP contribution in [0, 0.1) is 0 Å². The summed E-state index contributed by atoms with van der Waals surface area (Å²) < 4.78 is 12.7. The second-order valence-electron chi connectivity index (χ2n) is 7.51. The predicted molar refractivity (Wildman–Crippen MR) is 115 cm³/mol. The smallest absolute Gasteiger partial charge is 0.335 e. The van der Waals surface area contributed by atoms with Crippen LogP contribution in [0.25, 0.3) is 11.3 Å². The molecule has 0 bridgehead atoms. The van der Waals surface area contributed by atoms with Crippen LogP contribution < -0.4 is 0 Å². The molecule has 0 saturated heterocycles. The number of benzene rings is 2. The molecule has 1 aromatic heterocycles. The molecule has 7 heteroatoms. The van der Waals surface area contributed by atoms with Crippen molar-refractivity contribution in [2.24, 2.45) is 0 Å². The van der Waals surface area contributed by atoms with Crippen LogP contribution in [0.15, 0.2) is 54.6 Å². The van der Waals surface area contributed by atoms with Crippen LogP contribution in [-0.2, 0) is 34.0 Å². The quantitative estimate of drug-likeness (QED) is 0.531. The van der Waals surface area contributed by atoms with Crippen LogP contribution in [0.1, 0.15) is 30.7 Å². The fourth-order valence-corrected chi connectivity index (χ4v) is 3.18. The van der Waals surface area contributed by atoms with Crippen molar-refractivity contribution >= 4 is 17.6 Å². The van der Waals surface area contributed by atoms with Crippen molar-refractivity contribution in [3.8, 4) is 11.3 Å². The summed E-state index contributed by atoms with van der Waals surface area (Å²) in [6.45, 7) is 4.11. The van der Waals surface area contributed by atoms with Crippen molar-refractivity contribution < 1.29 is 19.4 Å². The number of aliphatic carboxylic acids is 1. The summed E-state index contributed by atoms with van der Waals surface area (Å²) in [5, 5.41) is 14.6. The van der Waals surface area contributed by atoms with Crippen molar-refractivity contribution in [3.63, 3.8) is 0 Å². The molecule has 0 atom stereocenters. The predicted octanol–water partition coefficient (Wildman–Crippen LogP) is 4.78. The van der Waals surface area contributed by atoms with Crippen molar-refractivity contribution in [2.75, 3.05) is 7.11 Å². The first kappa shape index (κ1) is 22.0. The Balaban J connectivity index is 1.96. The second kappa shape index (κ2) is 9.43. The number of methoxy groups -OCH3 is 1. The highest BCUT2D eigenvalue weighted by Gasteiger charge is 2.28. The number of nitrogens with zero attached hydrogens (tertiary/aromatic N) is 2. The van der Waals surface area contributed by atoms with E-state index in [9.17, 15) is 9.90 Å². The van der Waals surface area contributed by atoms with Gasteiger partial charge in [0, 0.05) is 17.7 Å². The average molecular weight is 429 g/mol. The summed E-state index contributed by atoms with van der Waals surface area (Å²) in [6, 6.07) is 17.6. The first-order valence-electron chi connectivity index (χ1n) is 9.56. The van der Waals surface area contributed by atoms with Gasteiger partial charge < -0.3 is 14.6 Å². The number of hydrogen-bond donors (Lipinski definition) is 1. The summed E-state index contributed by atoms with van der Waals surface area (Å²) in [7, 11) is 1.66. The molecule has 158 valence electrons. The van der Waals surface area contributed by atoms with Gasteiger partial charge in [-0.2, -0.15) is 5.10 Å². The Morgan fingerprint density at radius 3 is 2.60 bits per heavy atom. The molecule has 2 aromatic carbocycles. The second-order valence-corrected chi connectivity index (χ2v) is 7.91. The maximum absolute atomic E-state index is 11.3. The van der Waals surface area contributed by atoms with Crippen molar-refractivity contribution in [1.29, 1.82) is 0 Å². The molecule has 0 fully saturated rings. The van der Waals surface area contributed by atoms with Gasteiger partial charge in [-0.3, -0.25) is 4.68 Å². The summed E-state index contributed by atoms with van der Waals surface area (Å²) in [4.78, 5) is 11.3. The van der Waals surface area contributed by atoms with Crippen LogP contribution in [0.2, 0.25) is 5.02 Å². The molecule has 30 heavy (non-hydrogen) atoms. The zero-order valence-electron chi connectivity index (χ0n) is 17.3. The zero-order valence-corrected chi connectivity index (χ0v) is 18.0. The molecule has 3 aromatic rings. The van der Waals surface area contributed by atoms with Gasteiger partial charge in [-0.1, -0.05) is 48.0 Å². The van der Waals surface area contributed by atoms with E-state index in [4.69, 9.17) is 21.1 Å². The van der Waals surface area contributed by atoms with Crippen molar-refractivity contribution in [2.45, 2.75) is 39.2 Å². The molecule has 0 aliphatic carbocycles. The maximum atomic E-state index is 11.3. The number of hydrogen-bond acceptors (Lipinski definition) is 4. The highest BCUT2D eigenvalue weighted by atomic mass is 35.5. The van der Waals surface area contributed by atoms with Crippen LogP contribution in [0.4, 0.5) is 0 Å². The lowest BCUT2D eigenvalue weighted by atomic mass is 10.1. The largest absolute Gasteiger partial charge is 0.479 e. The molecule has 0 saturated carbocycles. The van der Waals surface area contributed by atoms with Crippen molar-refractivity contribution in [1.82, 2.24) is 9.78 Å². The van der Waals surface area contributed by atoms with Gasteiger partial charge in [0.05, 0.1) is 31.1 Å². The molecular weight excluding hydrogens is 404 g/mol. The number of carboxylic acid groups (broad SMARTS) is 1. The number of halogens is 1. The molecule has 0 spiro atoms. The topological polar surface area (TPSA) is 73.6 Å². The Bertz CT molecular complexity index is 1030. The summed E-state index contributed by atoms with van der Waals surface area (Å²) in [6.07, 6.45) is 0. The zero-order chi connectivity index (χ0) is 21.7. The van der Waals surface area contributed by atoms with Gasteiger partial charge >= 0.3 is 5.97 Å². The van der Waals surface area contributed by atoms with E-state index in [2.05, 4.69) is 11.2 Å². The highest BCUT2D eigenvalue weighted by molar-refractivity contribution is 6.31. The number of ether oxygens (including phenoxy) is 2. The van der Waals surface area contributed by atoms with Gasteiger partial charge in [0.15, 0.2) is 5.60 Å². The third kappa shape index (κ3) is 5.27. The fraction of sp³-hybridized carbons (Fsp3) is 0.304. The summed E-state index contributed by atoms with van der Waals surface area (Å²) in [5.41, 5.74) is 3.20. The lowest BCUT2D eigenvalue weighted by Crippen LogP contribution is -2.34. The van der Waals surface area contributed by atoms with Crippen LogP contribution in [-0.4, -0.2) is 33.6 Å². The van der Waals surface area contributed by atoms with Gasteiger partial charge in [0.1, 0.15) is 0 Å². The van der Waals surface area contributed by atoms with Gasteiger partial charge in [-0.05, 0) is 43.2 Å². The Morgan fingerprint density at radius 1 is 1.13 bits per heavy atom. The summed E-state index contributed by atoms with van der Waals surface area (Å²) in [5.74, 6) is -1.02. The number of rotatable bonds is 9. The first-order valence-corrected chi connectivity index (χ1v) is 9.93. The molecule has 6 nitrogen and oxygen atoms in total. The first-order chi connectivity index (χ1) is 14.3. The van der Waals surface area contributed by atoms with E-state index in [1.807, 2.05) is 53.2 Å². The average Bonchev–Trinajstić information content (AvgIpc) is 3.11. The third-order valence-electron chi connectivity index (χ3n) is 4.74. The van der Waals surface area contributed by atoms with E-state index in [-0.39, 0.29) is 6.61 Å². The van der Waals surface area contributed by atoms with E-state index >= 15 is 0 Å². The minimum atomic E-state index is -1.30. The standard InChI is InChI=1S/C23H25ClN2O4/c1-23(2,22(27)28)30-15-19-12-21(17-9-6-7-16(11-17)14-29-3)26(25-19)13-18-8-4-5-10-20(18)24/h4-12H,13-15H2,1-3H3,(H,27,28). The fourth-order valence-electron chi connectivity index (χ4n) is 2.98. The summed E-state index contributed by atoms with van der Waals surface area (Å²) >= 11 is 6.35. The Labute approximate surface area is 181 Å². The Morgan fingerprint density at radius 2 is 1.90 bits per heavy atom. The molecule has 1 heterocycles. The Hall–Kier alpha value is -2.67. The number of carbonyl (C=O) groups is 1.